The largest absolute Gasteiger partial charge is 0.371 e. The van der Waals surface area contributed by atoms with Gasteiger partial charge in [-0.25, -0.2) is 4.98 Å². The van der Waals surface area contributed by atoms with E-state index in [4.69, 9.17) is 4.98 Å². The second kappa shape index (κ2) is 5.76. The van der Waals surface area contributed by atoms with Crippen molar-refractivity contribution in [3.63, 3.8) is 0 Å². The van der Waals surface area contributed by atoms with Gasteiger partial charge in [0, 0.05) is 50.9 Å². The molecule has 0 bridgehead atoms. The zero-order valence-electron chi connectivity index (χ0n) is 14.7. The molecule has 4 nitrogen and oxygen atoms in total. The Labute approximate surface area is 144 Å². The van der Waals surface area contributed by atoms with Crippen molar-refractivity contribution in [2.45, 2.75) is 51.6 Å². The van der Waals surface area contributed by atoms with E-state index in [0.29, 0.717) is 0 Å². The average Bonchev–Trinajstić information content (AvgIpc) is 3.05. The van der Waals surface area contributed by atoms with Crippen molar-refractivity contribution >= 4 is 16.7 Å². The van der Waals surface area contributed by atoms with Crippen LogP contribution in [0.25, 0.3) is 11.0 Å². The maximum atomic E-state index is 5.01. The Kier molecular flexibility index (Phi) is 3.55. The standard InChI is InChI=1S/C20H28N4/c1-15-7-9-23(14-15)17-5-6-19-18(13-17)21-20-8-10-22(11-12-24(19)20)16-3-2-4-16/h5-6,13,15-16H,2-4,7-12,14H2,1H3. The number of nitrogens with zero attached hydrogens (tertiary/aromatic N) is 4. The van der Waals surface area contributed by atoms with E-state index in [1.165, 1.54) is 74.4 Å². The minimum Gasteiger partial charge on any atom is -0.371 e. The van der Waals surface area contributed by atoms with Crippen LogP contribution in [-0.2, 0) is 13.0 Å². The van der Waals surface area contributed by atoms with E-state index in [-0.39, 0.29) is 0 Å². The highest BCUT2D eigenvalue weighted by Gasteiger charge is 2.27. The maximum Gasteiger partial charge on any atom is 0.111 e. The lowest BCUT2D eigenvalue weighted by molar-refractivity contribution is 0.130. The summed E-state index contributed by atoms with van der Waals surface area (Å²) in [7, 11) is 0. The van der Waals surface area contributed by atoms with Gasteiger partial charge in [0.1, 0.15) is 5.82 Å². The normalized spacial score (nSPS) is 25.7. The second-order valence-corrected chi connectivity index (χ2v) is 8.06. The summed E-state index contributed by atoms with van der Waals surface area (Å²) in [6.07, 6.45) is 6.64. The van der Waals surface area contributed by atoms with Crippen LogP contribution in [0.1, 0.15) is 38.4 Å². The first-order chi connectivity index (χ1) is 11.8. The van der Waals surface area contributed by atoms with Crippen LogP contribution < -0.4 is 4.90 Å². The van der Waals surface area contributed by atoms with Crippen molar-refractivity contribution in [3.05, 3.63) is 24.0 Å². The van der Waals surface area contributed by atoms with Gasteiger partial charge in [0.15, 0.2) is 0 Å². The van der Waals surface area contributed by atoms with Gasteiger partial charge in [-0.05, 0) is 43.4 Å². The lowest BCUT2D eigenvalue weighted by atomic mass is 9.91. The van der Waals surface area contributed by atoms with E-state index in [2.05, 4.69) is 39.5 Å². The Morgan fingerprint density at radius 1 is 1.04 bits per heavy atom. The third-order valence-electron chi connectivity index (χ3n) is 6.42. The molecule has 0 amide bonds. The molecule has 2 aromatic rings. The van der Waals surface area contributed by atoms with Crippen molar-refractivity contribution in [1.29, 1.82) is 0 Å². The van der Waals surface area contributed by atoms with E-state index in [0.717, 1.165) is 24.9 Å². The van der Waals surface area contributed by atoms with Gasteiger partial charge in [0.25, 0.3) is 0 Å². The first kappa shape index (κ1) is 14.8. The van der Waals surface area contributed by atoms with Gasteiger partial charge in [0.05, 0.1) is 11.0 Å². The summed E-state index contributed by atoms with van der Waals surface area (Å²) in [5.74, 6) is 2.11. The fourth-order valence-electron chi connectivity index (χ4n) is 4.68. The number of rotatable bonds is 2. The molecule has 1 atom stereocenters. The van der Waals surface area contributed by atoms with Gasteiger partial charge in [-0.1, -0.05) is 13.3 Å². The van der Waals surface area contributed by atoms with Gasteiger partial charge < -0.3 is 9.47 Å². The van der Waals surface area contributed by atoms with E-state index >= 15 is 0 Å². The van der Waals surface area contributed by atoms with Gasteiger partial charge >= 0.3 is 0 Å². The molecule has 5 rings (SSSR count). The monoisotopic (exact) mass is 324 g/mol. The molecule has 3 aliphatic rings. The summed E-state index contributed by atoms with van der Waals surface area (Å²) in [6.45, 7) is 8.21. The molecule has 0 N–H and O–H groups in total. The van der Waals surface area contributed by atoms with Crippen LogP contribution in [0.2, 0.25) is 0 Å². The van der Waals surface area contributed by atoms with Crippen LogP contribution in [0.15, 0.2) is 18.2 Å². The molecule has 24 heavy (non-hydrogen) atoms. The molecule has 1 saturated carbocycles. The molecule has 128 valence electrons. The predicted octanol–water partition coefficient (Wildman–Crippen LogP) is 3.29. The van der Waals surface area contributed by atoms with E-state index in [1.807, 2.05) is 0 Å². The van der Waals surface area contributed by atoms with Crippen LogP contribution in [0, 0.1) is 5.92 Å². The molecule has 1 aliphatic carbocycles. The molecule has 1 aromatic heterocycles. The minimum absolute atomic E-state index is 0.817. The van der Waals surface area contributed by atoms with Crippen LogP contribution in [0.4, 0.5) is 5.69 Å². The van der Waals surface area contributed by atoms with Crippen molar-refractivity contribution in [1.82, 2.24) is 14.5 Å². The number of benzene rings is 1. The lowest BCUT2D eigenvalue weighted by Crippen LogP contribution is -2.41. The lowest BCUT2D eigenvalue weighted by Gasteiger charge is -2.36. The summed E-state index contributed by atoms with van der Waals surface area (Å²) in [4.78, 5) is 10.2. The van der Waals surface area contributed by atoms with E-state index in [9.17, 15) is 0 Å². The SMILES string of the molecule is CC1CCN(c2ccc3c(c2)nc2n3CCN(C3CCC3)CC2)C1. The molecular formula is C20H28N4. The second-order valence-electron chi connectivity index (χ2n) is 8.06. The zero-order valence-corrected chi connectivity index (χ0v) is 14.7. The Balaban J connectivity index is 1.41. The van der Waals surface area contributed by atoms with Crippen LogP contribution in [-0.4, -0.2) is 46.7 Å². The number of fused-ring (bicyclic) bond motifs is 3. The van der Waals surface area contributed by atoms with E-state index in [1.54, 1.807) is 0 Å². The topological polar surface area (TPSA) is 24.3 Å². The number of hydrogen-bond acceptors (Lipinski definition) is 3. The van der Waals surface area contributed by atoms with Gasteiger partial charge in [0.2, 0.25) is 0 Å². The van der Waals surface area contributed by atoms with Crippen molar-refractivity contribution in [3.8, 4) is 0 Å². The molecule has 0 spiro atoms. The summed E-state index contributed by atoms with van der Waals surface area (Å²) in [6, 6.07) is 7.79. The van der Waals surface area contributed by atoms with Crippen LogP contribution >= 0.6 is 0 Å². The quantitative estimate of drug-likeness (QED) is 0.847. The van der Waals surface area contributed by atoms with Crippen LogP contribution in [0.3, 0.4) is 0 Å². The molecule has 4 heteroatoms. The Bertz CT molecular complexity index is 745. The molecular weight excluding hydrogens is 296 g/mol. The first-order valence-corrected chi connectivity index (χ1v) is 9.76. The number of imidazole rings is 1. The third-order valence-corrected chi connectivity index (χ3v) is 6.42. The highest BCUT2D eigenvalue weighted by Crippen LogP contribution is 2.30. The zero-order chi connectivity index (χ0) is 16.1. The molecule has 1 saturated heterocycles. The van der Waals surface area contributed by atoms with Crippen molar-refractivity contribution in [2.24, 2.45) is 5.92 Å². The molecule has 2 fully saturated rings. The van der Waals surface area contributed by atoms with Gasteiger partial charge in [-0.3, -0.25) is 4.90 Å². The Hall–Kier alpha value is -1.55. The number of aromatic nitrogens is 2. The van der Waals surface area contributed by atoms with E-state index < -0.39 is 0 Å². The fourth-order valence-corrected chi connectivity index (χ4v) is 4.68. The van der Waals surface area contributed by atoms with Gasteiger partial charge in [-0.15, -0.1) is 0 Å². The van der Waals surface area contributed by atoms with Crippen molar-refractivity contribution < 1.29 is 0 Å². The van der Waals surface area contributed by atoms with Crippen LogP contribution in [0.5, 0.6) is 0 Å². The highest BCUT2D eigenvalue weighted by molar-refractivity contribution is 5.80. The summed E-state index contributed by atoms with van der Waals surface area (Å²) < 4.78 is 2.48. The average molecular weight is 324 g/mol. The molecule has 2 aliphatic heterocycles. The van der Waals surface area contributed by atoms with Crippen molar-refractivity contribution in [2.75, 3.05) is 31.1 Å². The van der Waals surface area contributed by atoms with Gasteiger partial charge in [-0.2, -0.15) is 0 Å². The Morgan fingerprint density at radius 2 is 1.96 bits per heavy atom. The highest BCUT2D eigenvalue weighted by atomic mass is 15.2. The first-order valence-electron chi connectivity index (χ1n) is 9.76. The molecule has 0 radical (unpaired) electrons. The molecule has 1 unspecified atom stereocenters. The number of anilines is 1. The maximum absolute atomic E-state index is 5.01. The smallest absolute Gasteiger partial charge is 0.111 e. The minimum atomic E-state index is 0.817. The third kappa shape index (κ3) is 2.43. The molecule has 3 heterocycles. The fraction of sp³-hybridized carbons (Fsp3) is 0.650. The summed E-state index contributed by atoms with van der Waals surface area (Å²) in [5, 5.41) is 0. The predicted molar refractivity (Wildman–Crippen MR) is 98.6 cm³/mol. The summed E-state index contributed by atoms with van der Waals surface area (Å²) >= 11 is 0. The Morgan fingerprint density at radius 3 is 2.71 bits per heavy atom. The summed E-state index contributed by atoms with van der Waals surface area (Å²) in [5.41, 5.74) is 3.88. The number of hydrogen-bond donors (Lipinski definition) is 0. The molecule has 1 aromatic carbocycles.